The number of carboxylic acid groups (broad SMARTS) is 1. The van der Waals surface area contributed by atoms with Gasteiger partial charge in [-0.1, -0.05) is 22.9 Å². The normalized spacial score (nSPS) is 12.0. The van der Waals surface area contributed by atoms with E-state index < -0.39 is 17.9 Å². The summed E-state index contributed by atoms with van der Waals surface area (Å²) in [4.78, 5) is 22.8. The van der Waals surface area contributed by atoms with E-state index >= 15 is 0 Å². The van der Waals surface area contributed by atoms with Crippen molar-refractivity contribution in [2.24, 2.45) is 5.73 Å². The Kier molecular flexibility index (Phi) is 5.30. The van der Waals surface area contributed by atoms with Gasteiger partial charge in [-0.3, -0.25) is 4.79 Å². The van der Waals surface area contributed by atoms with E-state index in [4.69, 9.17) is 10.8 Å². The summed E-state index contributed by atoms with van der Waals surface area (Å²) in [6, 6.07) is 2.40. The van der Waals surface area contributed by atoms with Crippen LogP contribution < -0.4 is 11.1 Å². The van der Waals surface area contributed by atoms with Gasteiger partial charge in [0, 0.05) is 8.95 Å². The lowest BCUT2D eigenvalue weighted by Crippen LogP contribution is -2.35. The Hall–Kier alpha value is -0.920. The monoisotopic (exact) mass is 378 g/mol. The molecule has 0 aromatic heterocycles. The predicted molar refractivity (Wildman–Crippen MR) is 75.7 cm³/mol. The molecule has 0 fully saturated rings. The van der Waals surface area contributed by atoms with Gasteiger partial charge in [0.25, 0.3) is 0 Å². The number of nitrogens with two attached hydrogens (primary N) is 1. The zero-order chi connectivity index (χ0) is 13.9. The van der Waals surface area contributed by atoms with Crippen molar-refractivity contribution in [3.8, 4) is 0 Å². The Bertz CT molecular complexity index is 491. The van der Waals surface area contributed by atoms with E-state index in [1.54, 1.807) is 13.0 Å². The number of carbonyl (C=O) groups is 2. The number of halogens is 2. The summed E-state index contributed by atoms with van der Waals surface area (Å²) < 4.78 is 1.08. The average Bonchev–Trinajstić information content (AvgIpc) is 2.30. The van der Waals surface area contributed by atoms with E-state index in [1.165, 1.54) is 6.07 Å². The molecule has 0 radical (unpaired) electrons. The van der Waals surface area contributed by atoms with Crippen LogP contribution in [0, 0.1) is 0 Å². The second-order valence-electron chi connectivity index (χ2n) is 3.62. The molecule has 1 aromatic rings. The lowest BCUT2D eigenvalue weighted by atomic mass is 10.1. The number of carboxylic acids is 1. The Morgan fingerprint density at radius 2 is 2.06 bits per heavy atom. The molecule has 0 heterocycles. The van der Waals surface area contributed by atoms with Gasteiger partial charge in [-0.25, -0.2) is 4.79 Å². The van der Waals surface area contributed by atoms with Gasteiger partial charge in [0.1, 0.15) is 0 Å². The SMILES string of the molecule is CC[C@H](N)C(=O)Nc1c(Br)cc(Br)cc1C(=O)O. The van der Waals surface area contributed by atoms with Crippen molar-refractivity contribution in [1.82, 2.24) is 0 Å². The maximum atomic E-state index is 11.7. The van der Waals surface area contributed by atoms with E-state index in [9.17, 15) is 9.59 Å². The summed E-state index contributed by atoms with van der Waals surface area (Å²) in [7, 11) is 0. The van der Waals surface area contributed by atoms with Gasteiger partial charge >= 0.3 is 5.97 Å². The number of benzene rings is 1. The Morgan fingerprint density at radius 1 is 1.44 bits per heavy atom. The van der Waals surface area contributed by atoms with Crippen LogP contribution in [-0.2, 0) is 4.79 Å². The number of hydrogen-bond donors (Lipinski definition) is 3. The molecule has 1 rings (SSSR count). The van der Waals surface area contributed by atoms with Crippen LogP contribution >= 0.6 is 31.9 Å². The van der Waals surface area contributed by atoms with Gasteiger partial charge in [-0.05, 0) is 34.5 Å². The minimum atomic E-state index is -1.13. The highest BCUT2D eigenvalue weighted by molar-refractivity contribution is 9.11. The average molecular weight is 380 g/mol. The number of anilines is 1. The molecule has 5 nitrogen and oxygen atoms in total. The third-order valence-electron chi connectivity index (χ3n) is 2.31. The molecule has 0 aliphatic heterocycles. The summed E-state index contributed by atoms with van der Waals surface area (Å²) >= 11 is 6.41. The maximum Gasteiger partial charge on any atom is 0.337 e. The number of hydrogen-bond acceptors (Lipinski definition) is 3. The molecular formula is C11H12Br2N2O3. The second-order valence-corrected chi connectivity index (χ2v) is 5.39. The lowest BCUT2D eigenvalue weighted by molar-refractivity contribution is -0.117. The predicted octanol–water partition coefficient (Wildman–Crippen LogP) is 2.59. The molecule has 18 heavy (non-hydrogen) atoms. The second kappa shape index (κ2) is 6.31. The largest absolute Gasteiger partial charge is 0.478 e. The first-order valence-corrected chi connectivity index (χ1v) is 6.74. The molecule has 0 aliphatic carbocycles. The molecule has 1 amide bonds. The van der Waals surface area contributed by atoms with Gasteiger partial charge < -0.3 is 16.2 Å². The Labute approximate surface area is 121 Å². The summed E-state index contributed by atoms with van der Waals surface area (Å²) in [5.74, 6) is -1.54. The fraction of sp³-hybridized carbons (Fsp3) is 0.273. The van der Waals surface area contributed by atoms with Crippen molar-refractivity contribution in [3.63, 3.8) is 0 Å². The van der Waals surface area contributed by atoms with Crippen LogP contribution in [0.25, 0.3) is 0 Å². The molecule has 0 aliphatic rings. The van der Waals surface area contributed by atoms with Crippen LogP contribution in [0.15, 0.2) is 21.1 Å². The molecule has 7 heteroatoms. The number of rotatable bonds is 4. The summed E-state index contributed by atoms with van der Waals surface area (Å²) in [5, 5.41) is 11.6. The first kappa shape index (κ1) is 15.1. The fourth-order valence-electron chi connectivity index (χ4n) is 1.27. The number of amides is 1. The number of aromatic carboxylic acids is 1. The zero-order valence-electron chi connectivity index (χ0n) is 9.54. The van der Waals surface area contributed by atoms with Crippen LogP contribution in [0.2, 0.25) is 0 Å². The molecule has 98 valence electrons. The topological polar surface area (TPSA) is 92.4 Å². The maximum absolute atomic E-state index is 11.7. The van der Waals surface area contributed by atoms with E-state index in [2.05, 4.69) is 37.2 Å². The van der Waals surface area contributed by atoms with E-state index in [0.717, 1.165) is 0 Å². The van der Waals surface area contributed by atoms with Gasteiger partial charge in [0.2, 0.25) is 5.91 Å². The van der Waals surface area contributed by atoms with E-state index in [0.29, 0.717) is 15.4 Å². The Balaban J connectivity index is 3.15. The number of nitrogens with one attached hydrogen (secondary N) is 1. The lowest BCUT2D eigenvalue weighted by Gasteiger charge is -2.14. The van der Waals surface area contributed by atoms with Crippen LogP contribution in [0.4, 0.5) is 5.69 Å². The third-order valence-corrected chi connectivity index (χ3v) is 3.39. The van der Waals surface area contributed by atoms with E-state index in [1.807, 2.05) is 0 Å². The van der Waals surface area contributed by atoms with E-state index in [-0.39, 0.29) is 11.3 Å². The minimum absolute atomic E-state index is 0.00657. The van der Waals surface area contributed by atoms with Gasteiger partial charge in [0.15, 0.2) is 0 Å². The standard InChI is InChI=1S/C11H12Br2N2O3/c1-2-8(14)10(16)15-9-6(11(17)18)3-5(12)4-7(9)13/h3-4,8H,2,14H2,1H3,(H,15,16)(H,17,18)/t8-/m0/s1. The van der Waals surface area contributed by atoms with Crippen molar-refractivity contribution in [1.29, 1.82) is 0 Å². The molecule has 0 spiro atoms. The third kappa shape index (κ3) is 3.54. The van der Waals surface area contributed by atoms with Gasteiger partial charge in [-0.2, -0.15) is 0 Å². The summed E-state index contributed by atoms with van der Waals surface area (Å²) in [5.41, 5.74) is 5.79. The first-order chi connectivity index (χ1) is 8.36. The molecule has 0 unspecified atom stereocenters. The quantitative estimate of drug-likeness (QED) is 0.749. The smallest absolute Gasteiger partial charge is 0.337 e. The highest BCUT2D eigenvalue weighted by atomic mass is 79.9. The van der Waals surface area contributed by atoms with Gasteiger partial charge in [-0.15, -0.1) is 0 Å². The van der Waals surface area contributed by atoms with Crippen LogP contribution in [0.3, 0.4) is 0 Å². The first-order valence-electron chi connectivity index (χ1n) is 5.15. The van der Waals surface area contributed by atoms with Crippen molar-refractivity contribution in [2.45, 2.75) is 19.4 Å². The molecule has 4 N–H and O–H groups in total. The zero-order valence-corrected chi connectivity index (χ0v) is 12.7. The Morgan fingerprint density at radius 3 is 2.56 bits per heavy atom. The summed E-state index contributed by atoms with van der Waals surface area (Å²) in [6.45, 7) is 1.78. The minimum Gasteiger partial charge on any atom is -0.478 e. The molecule has 1 atom stereocenters. The molecule has 1 aromatic carbocycles. The highest BCUT2D eigenvalue weighted by Crippen LogP contribution is 2.31. The van der Waals surface area contributed by atoms with Crippen LogP contribution in [0.1, 0.15) is 23.7 Å². The summed E-state index contributed by atoms with van der Waals surface area (Å²) in [6.07, 6.45) is 0.475. The van der Waals surface area contributed by atoms with Crippen LogP contribution in [-0.4, -0.2) is 23.0 Å². The molecule has 0 bridgehead atoms. The van der Waals surface area contributed by atoms with Gasteiger partial charge in [0.05, 0.1) is 17.3 Å². The van der Waals surface area contributed by atoms with Crippen molar-refractivity contribution >= 4 is 49.4 Å². The molecular weight excluding hydrogens is 368 g/mol. The van der Waals surface area contributed by atoms with Crippen molar-refractivity contribution < 1.29 is 14.7 Å². The van der Waals surface area contributed by atoms with Crippen LogP contribution in [0.5, 0.6) is 0 Å². The molecule has 0 saturated carbocycles. The molecule has 0 saturated heterocycles. The highest BCUT2D eigenvalue weighted by Gasteiger charge is 2.19. The number of carbonyl (C=O) groups excluding carboxylic acids is 1. The van der Waals surface area contributed by atoms with Crippen molar-refractivity contribution in [3.05, 3.63) is 26.6 Å². The fourth-order valence-corrected chi connectivity index (χ4v) is 2.59. The van der Waals surface area contributed by atoms with Crippen molar-refractivity contribution in [2.75, 3.05) is 5.32 Å².